The van der Waals surface area contributed by atoms with Crippen LogP contribution in [0.4, 0.5) is 0 Å². The van der Waals surface area contributed by atoms with Crippen molar-refractivity contribution < 1.29 is 14.3 Å². The number of esters is 1. The summed E-state index contributed by atoms with van der Waals surface area (Å²) in [6.45, 7) is 3.81. The van der Waals surface area contributed by atoms with E-state index in [0.717, 1.165) is 35.2 Å². The van der Waals surface area contributed by atoms with Crippen LogP contribution < -0.4 is 0 Å². The van der Waals surface area contributed by atoms with Crippen LogP contribution in [-0.2, 0) is 20.9 Å². The zero-order valence-corrected chi connectivity index (χ0v) is 18.8. The molecule has 1 atom stereocenters. The molecular weight excluding hydrogens is 416 g/mol. The van der Waals surface area contributed by atoms with Crippen molar-refractivity contribution >= 4 is 18.0 Å². The van der Waals surface area contributed by atoms with E-state index in [1.165, 1.54) is 0 Å². The highest BCUT2D eigenvalue weighted by atomic mass is 16.5. The number of pyridine rings is 1. The third-order valence-corrected chi connectivity index (χ3v) is 5.67. The maximum absolute atomic E-state index is 12.9. The molecule has 7 nitrogen and oxygen atoms in total. The number of likely N-dealkylation sites (tertiary alicyclic amines) is 1. The maximum Gasteiger partial charge on any atom is 0.310 e. The van der Waals surface area contributed by atoms with Gasteiger partial charge >= 0.3 is 5.97 Å². The zero-order chi connectivity index (χ0) is 23.0. The predicted molar refractivity (Wildman–Crippen MR) is 126 cm³/mol. The molecule has 1 aromatic carbocycles. The lowest BCUT2D eigenvalue weighted by Gasteiger charge is -2.30. The minimum Gasteiger partial charge on any atom is -0.466 e. The second-order valence-electron chi connectivity index (χ2n) is 8.07. The fourth-order valence-electron chi connectivity index (χ4n) is 4.03. The second-order valence-corrected chi connectivity index (χ2v) is 8.07. The number of aromatic nitrogens is 3. The molecule has 4 rings (SSSR count). The molecule has 1 aliphatic rings. The molecule has 0 aliphatic carbocycles. The molecule has 1 fully saturated rings. The molecule has 1 aliphatic heterocycles. The highest BCUT2D eigenvalue weighted by Gasteiger charge is 2.28. The summed E-state index contributed by atoms with van der Waals surface area (Å²) in [7, 11) is 0. The predicted octanol–water partition coefficient (Wildman–Crippen LogP) is 3.81. The van der Waals surface area contributed by atoms with Crippen LogP contribution in [0.1, 0.15) is 30.9 Å². The molecule has 170 valence electrons. The first-order valence-corrected chi connectivity index (χ1v) is 11.3. The van der Waals surface area contributed by atoms with Crippen LogP contribution in [-0.4, -0.2) is 51.2 Å². The summed E-state index contributed by atoms with van der Waals surface area (Å²) < 4.78 is 7.02. The monoisotopic (exact) mass is 444 g/mol. The first-order chi connectivity index (χ1) is 16.1. The molecule has 0 bridgehead atoms. The summed E-state index contributed by atoms with van der Waals surface area (Å²) >= 11 is 0. The zero-order valence-electron chi connectivity index (χ0n) is 18.8. The number of carbonyl (C=O) groups excluding carboxylic acids is 2. The van der Waals surface area contributed by atoms with Crippen LogP contribution in [0.25, 0.3) is 17.3 Å². The van der Waals surface area contributed by atoms with Gasteiger partial charge in [0.1, 0.15) is 5.69 Å². The lowest BCUT2D eigenvalue weighted by atomic mass is 9.98. The Morgan fingerprint density at radius 2 is 2.03 bits per heavy atom. The lowest BCUT2D eigenvalue weighted by molar-refractivity contribution is -0.150. The highest BCUT2D eigenvalue weighted by molar-refractivity contribution is 5.93. The molecule has 0 radical (unpaired) electrons. The highest BCUT2D eigenvalue weighted by Crippen LogP contribution is 2.24. The summed E-state index contributed by atoms with van der Waals surface area (Å²) in [5.41, 5.74) is 3.64. The van der Waals surface area contributed by atoms with E-state index < -0.39 is 0 Å². The SMILES string of the molecule is CCOC(=O)C1CCCN(C(=O)/C=C/c2cn(Cc3ccccc3)nc2-c2cccnc2)C1. The van der Waals surface area contributed by atoms with E-state index in [-0.39, 0.29) is 17.8 Å². The molecule has 2 aromatic heterocycles. The van der Waals surface area contributed by atoms with Gasteiger partial charge < -0.3 is 9.64 Å². The lowest BCUT2D eigenvalue weighted by Crippen LogP contribution is -2.42. The van der Waals surface area contributed by atoms with Crippen molar-refractivity contribution in [1.29, 1.82) is 0 Å². The number of nitrogens with zero attached hydrogens (tertiary/aromatic N) is 4. The molecule has 1 unspecified atom stereocenters. The standard InChI is InChI=1S/C26H28N4O3/c1-2-33-26(32)23-11-7-15-29(18-23)24(31)13-12-22-19-30(17-20-8-4-3-5-9-20)28-25(22)21-10-6-14-27-16-21/h3-6,8-10,12-14,16,19,23H,2,7,11,15,17-18H2,1H3/b13-12+. The quantitative estimate of drug-likeness (QED) is 0.409. The van der Waals surface area contributed by atoms with Gasteiger partial charge in [0.05, 0.1) is 19.1 Å². The van der Waals surface area contributed by atoms with Gasteiger partial charge in [0.2, 0.25) is 5.91 Å². The van der Waals surface area contributed by atoms with Gasteiger partial charge in [-0.1, -0.05) is 30.3 Å². The van der Waals surface area contributed by atoms with Gasteiger partial charge in [-0.15, -0.1) is 0 Å². The van der Waals surface area contributed by atoms with Gasteiger partial charge in [-0.2, -0.15) is 5.10 Å². The van der Waals surface area contributed by atoms with Crippen molar-refractivity contribution in [2.45, 2.75) is 26.3 Å². The number of rotatable bonds is 7. The summed E-state index contributed by atoms with van der Waals surface area (Å²) in [6.07, 6.45) is 10.3. The molecule has 33 heavy (non-hydrogen) atoms. The average Bonchev–Trinajstić information content (AvgIpc) is 3.26. The normalized spacial score (nSPS) is 16.2. The van der Waals surface area contributed by atoms with Crippen LogP contribution in [0.3, 0.4) is 0 Å². The van der Waals surface area contributed by atoms with E-state index in [9.17, 15) is 9.59 Å². The number of amides is 1. The van der Waals surface area contributed by atoms with Gasteiger partial charge in [0, 0.05) is 48.9 Å². The first kappa shape index (κ1) is 22.5. The number of piperidine rings is 1. The van der Waals surface area contributed by atoms with Crippen molar-refractivity contribution in [3.8, 4) is 11.3 Å². The van der Waals surface area contributed by atoms with Crippen LogP contribution >= 0.6 is 0 Å². The number of hydrogen-bond donors (Lipinski definition) is 0. The van der Waals surface area contributed by atoms with Crippen molar-refractivity contribution in [3.05, 3.63) is 78.3 Å². The van der Waals surface area contributed by atoms with E-state index in [4.69, 9.17) is 9.84 Å². The Balaban J connectivity index is 1.53. The van der Waals surface area contributed by atoms with Gasteiger partial charge in [0.15, 0.2) is 0 Å². The van der Waals surface area contributed by atoms with Crippen LogP contribution in [0.15, 0.2) is 67.1 Å². The molecule has 0 saturated carbocycles. The van der Waals surface area contributed by atoms with Crippen molar-refractivity contribution in [2.75, 3.05) is 19.7 Å². The smallest absolute Gasteiger partial charge is 0.310 e. The van der Waals surface area contributed by atoms with Gasteiger partial charge in [-0.05, 0) is 43.5 Å². The van der Waals surface area contributed by atoms with E-state index in [0.29, 0.717) is 26.2 Å². The van der Waals surface area contributed by atoms with E-state index in [2.05, 4.69) is 17.1 Å². The molecule has 1 saturated heterocycles. The summed E-state index contributed by atoms with van der Waals surface area (Å²) in [6, 6.07) is 13.9. The van der Waals surface area contributed by atoms with E-state index >= 15 is 0 Å². The molecule has 0 spiro atoms. The first-order valence-electron chi connectivity index (χ1n) is 11.3. The van der Waals surface area contributed by atoms with Crippen LogP contribution in [0.2, 0.25) is 0 Å². The van der Waals surface area contributed by atoms with Crippen molar-refractivity contribution in [1.82, 2.24) is 19.7 Å². The van der Waals surface area contributed by atoms with Crippen LogP contribution in [0.5, 0.6) is 0 Å². The third kappa shape index (κ3) is 5.74. The number of carbonyl (C=O) groups is 2. The number of ether oxygens (including phenoxy) is 1. The number of benzene rings is 1. The topological polar surface area (TPSA) is 77.3 Å². The fourth-order valence-corrected chi connectivity index (χ4v) is 4.03. The Labute approximate surface area is 193 Å². The Bertz CT molecular complexity index is 1110. The molecule has 0 N–H and O–H groups in total. The molecule has 3 aromatic rings. The van der Waals surface area contributed by atoms with Gasteiger partial charge in [0.25, 0.3) is 0 Å². The Morgan fingerprint density at radius 3 is 2.79 bits per heavy atom. The second kappa shape index (κ2) is 10.7. The Hall–Kier alpha value is -3.74. The van der Waals surface area contributed by atoms with Crippen LogP contribution in [0, 0.1) is 5.92 Å². The summed E-state index contributed by atoms with van der Waals surface area (Å²) in [5, 5.41) is 4.76. The maximum atomic E-state index is 12.9. The van der Waals surface area contributed by atoms with E-state index in [1.54, 1.807) is 36.4 Å². The average molecular weight is 445 g/mol. The fraction of sp³-hybridized carbons (Fsp3) is 0.308. The van der Waals surface area contributed by atoms with Gasteiger partial charge in [-0.3, -0.25) is 19.3 Å². The van der Waals surface area contributed by atoms with Crippen molar-refractivity contribution in [2.24, 2.45) is 5.92 Å². The largest absolute Gasteiger partial charge is 0.466 e. The van der Waals surface area contributed by atoms with E-state index in [1.807, 2.05) is 41.2 Å². The van der Waals surface area contributed by atoms with Gasteiger partial charge in [-0.25, -0.2) is 0 Å². The Morgan fingerprint density at radius 1 is 1.18 bits per heavy atom. The molecule has 1 amide bonds. The summed E-state index contributed by atoms with van der Waals surface area (Å²) in [5.74, 6) is -0.590. The molecule has 3 heterocycles. The van der Waals surface area contributed by atoms with Crippen molar-refractivity contribution in [3.63, 3.8) is 0 Å². The minimum atomic E-state index is -0.254. The Kier molecular flexibility index (Phi) is 7.29. The minimum absolute atomic E-state index is 0.114. The summed E-state index contributed by atoms with van der Waals surface area (Å²) in [4.78, 5) is 30.9. The number of hydrogen-bond acceptors (Lipinski definition) is 5. The molecular formula is C26H28N4O3. The third-order valence-electron chi connectivity index (χ3n) is 5.67. The molecule has 7 heteroatoms.